The van der Waals surface area contributed by atoms with Crippen molar-refractivity contribution in [3.8, 4) is 11.6 Å². The van der Waals surface area contributed by atoms with Gasteiger partial charge in [-0.05, 0) is 31.0 Å². The highest BCUT2D eigenvalue weighted by molar-refractivity contribution is 5.80. The summed E-state index contributed by atoms with van der Waals surface area (Å²) in [7, 11) is 1.76. The van der Waals surface area contributed by atoms with E-state index < -0.39 is 0 Å². The number of H-pyrrole nitrogens is 1. The molecule has 1 aromatic carbocycles. The molecule has 0 radical (unpaired) electrons. The number of nitrogens with one attached hydrogen (secondary N) is 2. The fourth-order valence-corrected chi connectivity index (χ4v) is 1.92. The van der Waals surface area contributed by atoms with E-state index in [9.17, 15) is 0 Å². The van der Waals surface area contributed by atoms with Crippen LogP contribution >= 0.6 is 0 Å². The Morgan fingerprint density at radius 1 is 1.20 bits per heavy atom. The lowest BCUT2D eigenvalue weighted by Crippen LogP contribution is -1.99. The number of nitrogens with zero attached hydrogens (tertiary/aromatic N) is 3. The van der Waals surface area contributed by atoms with Crippen molar-refractivity contribution < 1.29 is 4.74 Å². The maximum Gasteiger partial charge on any atom is 0.235 e. The van der Waals surface area contributed by atoms with Gasteiger partial charge in [0, 0.05) is 7.05 Å². The van der Waals surface area contributed by atoms with Gasteiger partial charge in [-0.15, -0.1) is 0 Å². The summed E-state index contributed by atoms with van der Waals surface area (Å²) in [5.74, 6) is 1.76. The Morgan fingerprint density at radius 2 is 2.05 bits per heavy atom. The van der Waals surface area contributed by atoms with Crippen LogP contribution in [0.4, 0.5) is 5.95 Å². The summed E-state index contributed by atoms with van der Waals surface area (Å²) < 4.78 is 5.95. The third-order valence-corrected chi connectivity index (χ3v) is 3.05. The van der Waals surface area contributed by atoms with Gasteiger partial charge in [0.25, 0.3) is 0 Å². The smallest absolute Gasteiger partial charge is 0.235 e. The molecule has 2 heterocycles. The van der Waals surface area contributed by atoms with E-state index in [0.717, 1.165) is 22.3 Å². The zero-order valence-corrected chi connectivity index (χ0v) is 11.6. The van der Waals surface area contributed by atoms with Gasteiger partial charge >= 0.3 is 0 Å². The lowest BCUT2D eigenvalue weighted by atomic mass is 10.1. The quantitative estimate of drug-likeness (QED) is 0.764. The predicted octanol–water partition coefficient (Wildman–Crippen LogP) is 2.80. The molecule has 0 aliphatic carbocycles. The number of benzene rings is 1. The predicted molar refractivity (Wildman–Crippen MR) is 77.2 cm³/mol. The standard InChI is InChI=1S/C14H15N5O/c1-8-4-5-9(2)11(6-8)20-13-10-7-16-19-12(10)17-14(15-3)18-13/h4-7H,1-3H3,(H2,15,16,17,18,19). The molecule has 2 aromatic heterocycles. The van der Waals surface area contributed by atoms with Gasteiger partial charge in [-0.3, -0.25) is 5.10 Å². The number of hydrogen-bond acceptors (Lipinski definition) is 5. The van der Waals surface area contributed by atoms with Crippen molar-refractivity contribution in [2.24, 2.45) is 0 Å². The van der Waals surface area contributed by atoms with Crippen molar-refractivity contribution >= 4 is 17.0 Å². The fourth-order valence-electron chi connectivity index (χ4n) is 1.92. The Morgan fingerprint density at radius 3 is 2.85 bits per heavy atom. The number of rotatable bonds is 3. The molecule has 20 heavy (non-hydrogen) atoms. The highest BCUT2D eigenvalue weighted by Crippen LogP contribution is 2.29. The average molecular weight is 269 g/mol. The van der Waals surface area contributed by atoms with E-state index in [-0.39, 0.29) is 0 Å². The molecule has 0 spiro atoms. The summed E-state index contributed by atoms with van der Waals surface area (Å²) in [6, 6.07) is 6.06. The molecular formula is C14H15N5O. The molecule has 102 valence electrons. The van der Waals surface area contributed by atoms with Crippen molar-refractivity contribution in [2.45, 2.75) is 13.8 Å². The maximum atomic E-state index is 5.95. The van der Waals surface area contributed by atoms with Gasteiger partial charge in [0.05, 0.1) is 6.20 Å². The molecule has 0 unspecified atom stereocenters. The number of fused-ring (bicyclic) bond motifs is 1. The molecule has 3 aromatic rings. The zero-order valence-electron chi connectivity index (χ0n) is 11.6. The van der Waals surface area contributed by atoms with Gasteiger partial charge in [0.2, 0.25) is 11.8 Å². The van der Waals surface area contributed by atoms with Crippen molar-refractivity contribution in [2.75, 3.05) is 12.4 Å². The molecule has 6 heteroatoms. The van der Waals surface area contributed by atoms with Crippen molar-refractivity contribution in [3.63, 3.8) is 0 Å². The summed E-state index contributed by atoms with van der Waals surface area (Å²) in [6.07, 6.45) is 1.66. The first-order valence-corrected chi connectivity index (χ1v) is 6.31. The van der Waals surface area contributed by atoms with E-state index in [4.69, 9.17) is 4.74 Å². The van der Waals surface area contributed by atoms with Crippen LogP contribution in [0.1, 0.15) is 11.1 Å². The minimum atomic E-state index is 0.488. The normalized spacial score (nSPS) is 10.8. The van der Waals surface area contributed by atoms with E-state index in [2.05, 4.69) is 31.5 Å². The average Bonchev–Trinajstić information content (AvgIpc) is 2.91. The second kappa shape index (κ2) is 4.80. The van der Waals surface area contributed by atoms with E-state index in [1.165, 1.54) is 0 Å². The minimum absolute atomic E-state index is 0.488. The summed E-state index contributed by atoms with van der Waals surface area (Å²) >= 11 is 0. The van der Waals surface area contributed by atoms with Crippen LogP contribution in [0.2, 0.25) is 0 Å². The zero-order chi connectivity index (χ0) is 14.1. The van der Waals surface area contributed by atoms with Gasteiger partial charge < -0.3 is 10.1 Å². The molecule has 0 bridgehead atoms. The van der Waals surface area contributed by atoms with E-state index in [0.29, 0.717) is 17.5 Å². The second-order valence-electron chi connectivity index (χ2n) is 4.61. The van der Waals surface area contributed by atoms with Crippen molar-refractivity contribution in [1.29, 1.82) is 0 Å². The molecule has 0 amide bonds. The van der Waals surface area contributed by atoms with Crippen LogP contribution in [0.25, 0.3) is 11.0 Å². The van der Waals surface area contributed by atoms with Crippen LogP contribution in [-0.2, 0) is 0 Å². The molecule has 2 N–H and O–H groups in total. The maximum absolute atomic E-state index is 5.95. The number of ether oxygens (including phenoxy) is 1. The van der Waals surface area contributed by atoms with Gasteiger partial charge in [0.15, 0.2) is 5.65 Å². The Labute approximate surface area is 116 Å². The lowest BCUT2D eigenvalue weighted by molar-refractivity contribution is 0.465. The van der Waals surface area contributed by atoms with Gasteiger partial charge in [0.1, 0.15) is 11.1 Å². The highest BCUT2D eigenvalue weighted by Gasteiger charge is 2.12. The number of aromatic amines is 1. The van der Waals surface area contributed by atoms with Crippen LogP contribution in [-0.4, -0.2) is 27.2 Å². The molecule has 3 rings (SSSR count). The Balaban J connectivity index is 2.09. The van der Waals surface area contributed by atoms with Crippen molar-refractivity contribution in [3.05, 3.63) is 35.5 Å². The van der Waals surface area contributed by atoms with E-state index in [1.54, 1.807) is 13.2 Å². The highest BCUT2D eigenvalue weighted by atomic mass is 16.5. The first-order chi connectivity index (χ1) is 9.67. The molecule has 6 nitrogen and oxygen atoms in total. The number of anilines is 1. The van der Waals surface area contributed by atoms with Gasteiger partial charge in [-0.25, -0.2) is 0 Å². The van der Waals surface area contributed by atoms with E-state index in [1.807, 2.05) is 26.0 Å². The summed E-state index contributed by atoms with van der Waals surface area (Å²) in [6.45, 7) is 4.03. The largest absolute Gasteiger partial charge is 0.438 e. The minimum Gasteiger partial charge on any atom is -0.438 e. The second-order valence-corrected chi connectivity index (χ2v) is 4.61. The molecule has 0 fully saturated rings. The third kappa shape index (κ3) is 2.16. The SMILES string of the molecule is CNc1nc(Oc2cc(C)ccc2C)c2cn[nH]c2n1. The Hall–Kier alpha value is -2.63. The summed E-state index contributed by atoms with van der Waals surface area (Å²) in [5, 5.41) is 10.5. The van der Waals surface area contributed by atoms with Crippen LogP contribution in [0, 0.1) is 13.8 Å². The van der Waals surface area contributed by atoms with Crippen molar-refractivity contribution in [1.82, 2.24) is 20.2 Å². The van der Waals surface area contributed by atoms with Crippen LogP contribution in [0.15, 0.2) is 24.4 Å². The lowest BCUT2D eigenvalue weighted by Gasteiger charge is -2.10. The molecular weight excluding hydrogens is 254 g/mol. The first kappa shape index (κ1) is 12.4. The van der Waals surface area contributed by atoms with Crippen LogP contribution in [0.5, 0.6) is 11.6 Å². The number of aryl methyl sites for hydroxylation is 2. The summed E-state index contributed by atoms with van der Waals surface area (Å²) in [5.41, 5.74) is 2.83. The number of aromatic nitrogens is 4. The Kier molecular flexibility index (Phi) is 2.98. The molecule has 0 aliphatic rings. The third-order valence-electron chi connectivity index (χ3n) is 3.05. The first-order valence-electron chi connectivity index (χ1n) is 6.31. The number of hydrogen-bond donors (Lipinski definition) is 2. The molecule has 0 atom stereocenters. The monoisotopic (exact) mass is 269 g/mol. The van der Waals surface area contributed by atoms with E-state index >= 15 is 0 Å². The molecule has 0 aliphatic heterocycles. The Bertz CT molecular complexity index is 765. The molecule has 0 saturated heterocycles. The molecule has 0 saturated carbocycles. The van der Waals surface area contributed by atoms with Gasteiger partial charge in [-0.2, -0.15) is 15.1 Å². The topological polar surface area (TPSA) is 75.7 Å². The fraction of sp³-hybridized carbons (Fsp3) is 0.214. The van der Waals surface area contributed by atoms with Crippen LogP contribution in [0.3, 0.4) is 0 Å². The van der Waals surface area contributed by atoms with Crippen LogP contribution < -0.4 is 10.1 Å². The summed E-state index contributed by atoms with van der Waals surface area (Å²) in [4.78, 5) is 8.63. The van der Waals surface area contributed by atoms with Gasteiger partial charge in [-0.1, -0.05) is 12.1 Å².